The van der Waals surface area contributed by atoms with Crippen LogP contribution in [0.15, 0.2) is 0 Å². The van der Waals surface area contributed by atoms with E-state index in [1.165, 1.54) is 0 Å². The minimum atomic E-state index is -0.288. The second-order valence-corrected chi connectivity index (χ2v) is 5.37. The zero-order valence-electron chi connectivity index (χ0n) is 11.0. The maximum Gasteiger partial charge on any atom is 0.242 e. The summed E-state index contributed by atoms with van der Waals surface area (Å²) < 4.78 is 0. The Bertz CT molecular complexity index is 332. The molecule has 1 saturated carbocycles. The first kappa shape index (κ1) is 13.3. The van der Waals surface area contributed by atoms with Crippen LogP contribution in [0.1, 0.15) is 39.0 Å². The smallest absolute Gasteiger partial charge is 0.242 e. The Balaban J connectivity index is 2.04. The highest BCUT2D eigenvalue weighted by Gasteiger charge is 2.36. The number of nitrogens with zero attached hydrogens (tertiary/aromatic N) is 1. The lowest BCUT2D eigenvalue weighted by molar-refractivity contribution is -0.147. The number of nitrogens with one attached hydrogen (secondary N) is 1. The highest BCUT2D eigenvalue weighted by molar-refractivity contribution is 5.89. The van der Waals surface area contributed by atoms with E-state index >= 15 is 0 Å². The maximum absolute atomic E-state index is 12.5. The molecular weight excluding hydrogens is 230 g/mol. The fraction of sp³-hybridized carbons (Fsp3) is 0.846. The van der Waals surface area contributed by atoms with E-state index in [-0.39, 0.29) is 29.8 Å². The SMILES string of the molecule is CC[C@@H]1C(=O)NCCN1C(=O)[C@@H]1CCC[C@@H](N)C1. The van der Waals surface area contributed by atoms with Gasteiger partial charge in [0.15, 0.2) is 0 Å². The molecule has 1 heterocycles. The molecule has 3 N–H and O–H groups in total. The molecule has 0 aromatic rings. The number of rotatable bonds is 2. The predicted octanol–water partition coefficient (Wildman–Crippen LogP) is 0.241. The van der Waals surface area contributed by atoms with Crippen LogP contribution in [0.5, 0.6) is 0 Å². The van der Waals surface area contributed by atoms with Crippen molar-refractivity contribution in [1.29, 1.82) is 0 Å². The van der Waals surface area contributed by atoms with Gasteiger partial charge >= 0.3 is 0 Å². The van der Waals surface area contributed by atoms with Gasteiger partial charge in [0.05, 0.1) is 0 Å². The summed E-state index contributed by atoms with van der Waals surface area (Å²) >= 11 is 0. The van der Waals surface area contributed by atoms with Gasteiger partial charge in [0, 0.05) is 25.0 Å². The Morgan fingerprint density at radius 2 is 2.28 bits per heavy atom. The Hall–Kier alpha value is -1.10. The number of piperazine rings is 1. The molecular formula is C13H23N3O2. The van der Waals surface area contributed by atoms with Crippen molar-refractivity contribution < 1.29 is 9.59 Å². The van der Waals surface area contributed by atoms with Gasteiger partial charge in [-0.05, 0) is 25.7 Å². The molecule has 0 aromatic heterocycles. The quantitative estimate of drug-likeness (QED) is 0.740. The first-order valence-electron chi connectivity index (χ1n) is 6.97. The van der Waals surface area contributed by atoms with Crippen LogP contribution in [0.3, 0.4) is 0 Å². The molecule has 1 aliphatic carbocycles. The Morgan fingerprint density at radius 3 is 2.94 bits per heavy atom. The van der Waals surface area contributed by atoms with Crippen molar-refractivity contribution in [3.8, 4) is 0 Å². The standard InChI is InChI=1S/C13H23N3O2/c1-2-11-12(17)15-6-7-16(11)13(18)9-4-3-5-10(14)8-9/h9-11H,2-8,14H2,1H3,(H,15,17)/t9-,10-,11-/m1/s1. The van der Waals surface area contributed by atoms with Crippen molar-refractivity contribution in [3.05, 3.63) is 0 Å². The van der Waals surface area contributed by atoms with Gasteiger partial charge in [-0.3, -0.25) is 9.59 Å². The van der Waals surface area contributed by atoms with Gasteiger partial charge in [-0.25, -0.2) is 0 Å². The molecule has 1 aliphatic heterocycles. The summed E-state index contributed by atoms with van der Waals surface area (Å²) in [5.41, 5.74) is 5.94. The van der Waals surface area contributed by atoms with Crippen LogP contribution in [0, 0.1) is 5.92 Å². The number of amides is 2. The second-order valence-electron chi connectivity index (χ2n) is 5.37. The molecule has 18 heavy (non-hydrogen) atoms. The summed E-state index contributed by atoms with van der Waals surface area (Å²) in [5, 5.41) is 2.82. The molecule has 2 aliphatic rings. The molecule has 2 rings (SSSR count). The van der Waals surface area contributed by atoms with Crippen LogP contribution < -0.4 is 11.1 Å². The van der Waals surface area contributed by atoms with Gasteiger partial charge < -0.3 is 16.0 Å². The zero-order chi connectivity index (χ0) is 13.1. The molecule has 2 amide bonds. The third-order valence-electron chi connectivity index (χ3n) is 4.06. The molecule has 3 atom stereocenters. The van der Waals surface area contributed by atoms with Crippen LogP contribution >= 0.6 is 0 Å². The lowest BCUT2D eigenvalue weighted by atomic mass is 9.84. The Kier molecular flexibility index (Phi) is 4.22. The normalized spacial score (nSPS) is 33.1. The van der Waals surface area contributed by atoms with Crippen LogP contribution in [-0.4, -0.2) is 41.9 Å². The van der Waals surface area contributed by atoms with E-state index in [0.29, 0.717) is 19.5 Å². The van der Waals surface area contributed by atoms with Crippen molar-refractivity contribution in [3.63, 3.8) is 0 Å². The summed E-state index contributed by atoms with van der Waals surface area (Å²) in [4.78, 5) is 26.0. The van der Waals surface area contributed by atoms with Crippen LogP contribution in [0.25, 0.3) is 0 Å². The van der Waals surface area contributed by atoms with E-state index in [9.17, 15) is 9.59 Å². The Labute approximate surface area is 108 Å². The number of nitrogens with two attached hydrogens (primary N) is 1. The lowest BCUT2D eigenvalue weighted by Gasteiger charge is -2.38. The number of carbonyl (C=O) groups is 2. The largest absolute Gasteiger partial charge is 0.353 e. The van der Waals surface area contributed by atoms with E-state index in [2.05, 4.69) is 5.32 Å². The maximum atomic E-state index is 12.5. The first-order chi connectivity index (χ1) is 8.63. The zero-order valence-corrected chi connectivity index (χ0v) is 11.0. The van der Waals surface area contributed by atoms with Crippen LogP contribution in [0.4, 0.5) is 0 Å². The van der Waals surface area contributed by atoms with Gasteiger partial charge in [-0.15, -0.1) is 0 Å². The van der Waals surface area contributed by atoms with Crippen molar-refractivity contribution in [2.24, 2.45) is 11.7 Å². The van der Waals surface area contributed by atoms with Crippen LogP contribution in [0.2, 0.25) is 0 Å². The lowest BCUT2D eigenvalue weighted by Crippen LogP contribution is -2.58. The molecule has 0 radical (unpaired) electrons. The van der Waals surface area contributed by atoms with Gasteiger partial charge in [0.1, 0.15) is 6.04 Å². The van der Waals surface area contributed by atoms with Gasteiger partial charge in [0.2, 0.25) is 11.8 Å². The fourth-order valence-electron chi connectivity index (χ4n) is 3.07. The predicted molar refractivity (Wildman–Crippen MR) is 68.7 cm³/mol. The minimum absolute atomic E-state index is 0.0165. The molecule has 0 spiro atoms. The van der Waals surface area contributed by atoms with E-state index in [1.54, 1.807) is 4.90 Å². The monoisotopic (exact) mass is 253 g/mol. The molecule has 1 saturated heterocycles. The highest BCUT2D eigenvalue weighted by Crippen LogP contribution is 2.26. The summed E-state index contributed by atoms with van der Waals surface area (Å²) in [7, 11) is 0. The summed E-state index contributed by atoms with van der Waals surface area (Å²) in [6, 6.07) is -0.143. The van der Waals surface area contributed by atoms with E-state index < -0.39 is 0 Å². The fourth-order valence-corrected chi connectivity index (χ4v) is 3.07. The Morgan fingerprint density at radius 1 is 1.50 bits per heavy atom. The summed E-state index contributed by atoms with van der Waals surface area (Å²) in [6.07, 6.45) is 4.40. The first-order valence-corrected chi connectivity index (χ1v) is 6.97. The molecule has 102 valence electrons. The van der Waals surface area contributed by atoms with Gasteiger partial charge in [0.25, 0.3) is 0 Å². The minimum Gasteiger partial charge on any atom is -0.353 e. The molecule has 0 aromatic carbocycles. The number of carbonyl (C=O) groups excluding carboxylic acids is 2. The average molecular weight is 253 g/mol. The van der Waals surface area contributed by atoms with Crippen molar-refractivity contribution in [2.45, 2.75) is 51.1 Å². The molecule has 5 nitrogen and oxygen atoms in total. The highest BCUT2D eigenvalue weighted by atomic mass is 16.2. The molecule has 0 bridgehead atoms. The van der Waals surface area contributed by atoms with E-state index in [4.69, 9.17) is 5.73 Å². The van der Waals surface area contributed by atoms with Gasteiger partial charge in [-0.2, -0.15) is 0 Å². The second kappa shape index (κ2) is 5.69. The van der Waals surface area contributed by atoms with E-state index in [0.717, 1.165) is 25.7 Å². The number of hydrogen-bond donors (Lipinski definition) is 2. The molecule has 5 heteroatoms. The molecule has 2 fully saturated rings. The van der Waals surface area contributed by atoms with Gasteiger partial charge in [-0.1, -0.05) is 13.3 Å². The number of hydrogen-bond acceptors (Lipinski definition) is 3. The average Bonchev–Trinajstić information content (AvgIpc) is 2.37. The summed E-state index contributed by atoms with van der Waals surface area (Å²) in [6.45, 7) is 3.15. The van der Waals surface area contributed by atoms with E-state index in [1.807, 2.05) is 6.92 Å². The molecule has 0 unspecified atom stereocenters. The third kappa shape index (κ3) is 2.66. The third-order valence-corrected chi connectivity index (χ3v) is 4.06. The van der Waals surface area contributed by atoms with Crippen molar-refractivity contribution in [1.82, 2.24) is 10.2 Å². The topological polar surface area (TPSA) is 75.4 Å². The van der Waals surface area contributed by atoms with Crippen molar-refractivity contribution in [2.75, 3.05) is 13.1 Å². The van der Waals surface area contributed by atoms with Crippen molar-refractivity contribution >= 4 is 11.8 Å². The summed E-state index contributed by atoms with van der Waals surface area (Å²) in [5.74, 6) is 0.137. The van der Waals surface area contributed by atoms with Crippen LogP contribution in [-0.2, 0) is 9.59 Å².